The molecule has 0 aromatic heterocycles. The van der Waals surface area contributed by atoms with Gasteiger partial charge in [-0.05, 0) is 6.42 Å². The highest BCUT2D eigenvalue weighted by Crippen LogP contribution is 2.43. The summed E-state index contributed by atoms with van der Waals surface area (Å²) >= 11 is 0. The molecule has 3 nitrogen and oxygen atoms in total. The van der Waals surface area contributed by atoms with Crippen LogP contribution in [-0.4, -0.2) is 42.3 Å². The number of ether oxygens (including phenoxy) is 2. The van der Waals surface area contributed by atoms with Gasteiger partial charge in [0.05, 0.1) is 6.61 Å². The second-order valence-electron chi connectivity index (χ2n) is 3.38. The SMILES string of the molecule is CC[C@]12OC[C@H](OC1CF)[C@@H]2O. The summed E-state index contributed by atoms with van der Waals surface area (Å²) < 4.78 is 23.1. The number of alkyl halides is 1. The molecule has 1 unspecified atom stereocenters. The zero-order valence-corrected chi connectivity index (χ0v) is 7.00. The lowest BCUT2D eigenvalue weighted by Gasteiger charge is -2.32. The molecule has 0 aliphatic carbocycles. The van der Waals surface area contributed by atoms with Gasteiger partial charge in [-0.2, -0.15) is 0 Å². The summed E-state index contributed by atoms with van der Waals surface area (Å²) in [4.78, 5) is 0. The average Bonchev–Trinajstić information content (AvgIpc) is 2.57. The Bertz CT molecular complexity index is 187. The molecular formula is C8H13FO3. The molecule has 12 heavy (non-hydrogen) atoms. The molecule has 0 aromatic carbocycles. The summed E-state index contributed by atoms with van der Waals surface area (Å²) in [5, 5.41) is 9.66. The molecule has 0 radical (unpaired) electrons. The largest absolute Gasteiger partial charge is 0.387 e. The lowest BCUT2D eigenvalue weighted by atomic mass is 9.90. The van der Waals surface area contributed by atoms with Gasteiger partial charge in [0, 0.05) is 0 Å². The number of halogens is 1. The van der Waals surface area contributed by atoms with Crippen LogP contribution in [0.4, 0.5) is 4.39 Å². The lowest BCUT2D eigenvalue weighted by Crippen LogP contribution is -2.47. The number of fused-ring (bicyclic) bond motifs is 2. The molecule has 0 amide bonds. The van der Waals surface area contributed by atoms with Crippen LogP contribution in [0.2, 0.25) is 0 Å². The molecule has 70 valence electrons. The van der Waals surface area contributed by atoms with Crippen LogP contribution in [0.25, 0.3) is 0 Å². The molecule has 1 N–H and O–H groups in total. The Morgan fingerprint density at radius 3 is 2.83 bits per heavy atom. The Balaban J connectivity index is 2.24. The highest BCUT2D eigenvalue weighted by molar-refractivity contribution is 5.08. The van der Waals surface area contributed by atoms with Crippen LogP contribution in [0.15, 0.2) is 0 Å². The molecule has 2 fully saturated rings. The molecule has 0 aromatic rings. The first-order valence-corrected chi connectivity index (χ1v) is 4.28. The van der Waals surface area contributed by atoms with E-state index in [1.807, 2.05) is 6.92 Å². The minimum absolute atomic E-state index is 0.314. The molecule has 2 aliphatic rings. The molecule has 2 heterocycles. The lowest BCUT2D eigenvalue weighted by molar-refractivity contribution is -0.156. The third-order valence-corrected chi connectivity index (χ3v) is 2.95. The normalized spacial score (nSPS) is 51.8. The summed E-state index contributed by atoms with van der Waals surface area (Å²) in [5.41, 5.74) is -0.764. The van der Waals surface area contributed by atoms with Gasteiger partial charge in [0.25, 0.3) is 0 Å². The van der Waals surface area contributed by atoms with Crippen LogP contribution in [0.5, 0.6) is 0 Å². The van der Waals surface area contributed by atoms with Gasteiger partial charge in [-0.1, -0.05) is 6.92 Å². The van der Waals surface area contributed by atoms with E-state index in [1.54, 1.807) is 0 Å². The average molecular weight is 176 g/mol. The Hall–Kier alpha value is -0.190. The first kappa shape index (κ1) is 8.41. The van der Waals surface area contributed by atoms with Gasteiger partial charge >= 0.3 is 0 Å². The van der Waals surface area contributed by atoms with Crippen LogP contribution in [0, 0.1) is 0 Å². The fraction of sp³-hybridized carbons (Fsp3) is 1.00. The van der Waals surface area contributed by atoms with E-state index in [-0.39, 0.29) is 6.10 Å². The van der Waals surface area contributed by atoms with Crippen molar-refractivity contribution < 1.29 is 19.0 Å². The Kier molecular flexibility index (Phi) is 1.86. The maximum Gasteiger partial charge on any atom is 0.125 e. The fourth-order valence-electron chi connectivity index (χ4n) is 2.16. The van der Waals surface area contributed by atoms with Crippen molar-refractivity contribution >= 4 is 0 Å². The number of aliphatic hydroxyl groups is 1. The van der Waals surface area contributed by atoms with Gasteiger partial charge in [0.2, 0.25) is 0 Å². The predicted molar refractivity (Wildman–Crippen MR) is 39.6 cm³/mol. The first-order chi connectivity index (χ1) is 5.74. The Morgan fingerprint density at radius 2 is 2.42 bits per heavy atom. The van der Waals surface area contributed by atoms with Gasteiger partial charge in [0.15, 0.2) is 0 Å². The molecular weight excluding hydrogens is 163 g/mol. The molecule has 4 heteroatoms. The minimum Gasteiger partial charge on any atom is -0.387 e. The summed E-state index contributed by atoms with van der Waals surface area (Å²) in [6, 6.07) is 0. The van der Waals surface area contributed by atoms with E-state index < -0.39 is 24.5 Å². The van der Waals surface area contributed by atoms with Crippen LogP contribution in [0.3, 0.4) is 0 Å². The number of aliphatic hydroxyl groups excluding tert-OH is 1. The van der Waals surface area contributed by atoms with Crippen molar-refractivity contribution in [3.05, 3.63) is 0 Å². The topological polar surface area (TPSA) is 38.7 Å². The van der Waals surface area contributed by atoms with Crippen molar-refractivity contribution in [2.24, 2.45) is 0 Å². The molecule has 2 aliphatic heterocycles. The van der Waals surface area contributed by atoms with Crippen LogP contribution < -0.4 is 0 Å². The van der Waals surface area contributed by atoms with E-state index >= 15 is 0 Å². The van der Waals surface area contributed by atoms with E-state index in [9.17, 15) is 9.50 Å². The van der Waals surface area contributed by atoms with Crippen molar-refractivity contribution in [2.45, 2.75) is 37.3 Å². The third kappa shape index (κ3) is 0.802. The maximum atomic E-state index is 12.4. The summed E-state index contributed by atoms with van der Waals surface area (Å²) in [6.45, 7) is 1.69. The summed E-state index contributed by atoms with van der Waals surface area (Å²) in [6.07, 6.45) is -0.940. The third-order valence-electron chi connectivity index (χ3n) is 2.95. The van der Waals surface area contributed by atoms with Crippen molar-refractivity contribution in [3.8, 4) is 0 Å². The predicted octanol–water partition coefficient (Wildman–Crippen LogP) is 0.263. The molecule has 2 bridgehead atoms. The van der Waals surface area contributed by atoms with Crippen molar-refractivity contribution in [1.82, 2.24) is 0 Å². The van der Waals surface area contributed by atoms with E-state index in [0.717, 1.165) is 0 Å². The number of hydrogen-bond donors (Lipinski definition) is 1. The summed E-state index contributed by atoms with van der Waals surface area (Å²) in [5.74, 6) is 0. The highest BCUT2D eigenvalue weighted by atomic mass is 19.1. The summed E-state index contributed by atoms with van der Waals surface area (Å²) in [7, 11) is 0. The second-order valence-corrected chi connectivity index (χ2v) is 3.38. The quantitative estimate of drug-likeness (QED) is 0.656. The molecule has 2 saturated heterocycles. The van der Waals surface area contributed by atoms with Gasteiger partial charge in [-0.3, -0.25) is 0 Å². The minimum atomic E-state index is -0.764. The molecule has 4 atom stereocenters. The van der Waals surface area contributed by atoms with Crippen LogP contribution in [-0.2, 0) is 9.47 Å². The van der Waals surface area contributed by atoms with Crippen molar-refractivity contribution in [2.75, 3.05) is 13.3 Å². The smallest absolute Gasteiger partial charge is 0.125 e. The highest BCUT2D eigenvalue weighted by Gasteiger charge is 2.61. The molecule has 0 spiro atoms. The second kappa shape index (κ2) is 2.65. The van der Waals surface area contributed by atoms with Crippen LogP contribution >= 0.6 is 0 Å². The maximum absolute atomic E-state index is 12.4. The number of rotatable bonds is 2. The van der Waals surface area contributed by atoms with Crippen LogP contribution in [0.1, 0.15) is 13.3 Å². The van der Waals surface area contributed by atoms with Gasteiger partial charge < -0.3 is 14.6 Å². The first-order valence-electron chi connectivity index (χ1n) is 4.28. The van der Waals surface area contributed by atoms with Crippen molar-refractivity contribution in [3.63, 3.8) is 0 Å². The van der Waals surface area contributed by atoms with E-state index in [0.29, 0.717) is 13.0 Å². The van der Waals surface area contributed by atoms with Crippen molar-refractivity contribution in [1.29, 1.82) is 0 Å². The zero-order valence-electron chi connectivity index (χ0n) is 7.00. The van der Waals surface area contributed by atoms with Gasteiger partial charge in [-0.25, -0.2) is 4.39 Å². The van der Waals surface area contributed by atoms with E-state index in [1.165, 1.54) is 0 Å². The Morgan fingerprint density at radius 1 is 1.67 bits per heavy atom. The van der Waals surface area contributed by atoms with Gasteiger partial charge in [-0.15, -0.1) is 0 Å². The van der Waals surface area contributed by atoms with E-state index in [4.69, 9.17) is 9.47 Å². The molecule has 2 rings (SSSR count). The zero-order chi connectivity index (χ0) is 8.77. The van der Waals surface area contributed by atoms with Gasteiger partial charge in [0.1, 0.15) is 30.6 Å². The fourth-order valence-corrected chi connectivity index (χ4v) is 2.16. The molecule has 0 saturated carbocycles. The Labute approximate surface area is 70.5 Å². The van der Waals surface area contributed by atoms with E-state index in [2.05, 4.69) is 0 Å². The monoisotopic (exact) mass is 176 g/mol. The number of hydrogen-bond acceptors (Lipinski definition) is 3. The standard InChI is InChI=1S/C8H13FO3/c1-2-8-6(3-9)12-5(4-11-8)7(8)10/h5-7,10H,2-4H2,1H3/t5-,6?,7-,8-/m0/s1.